The van der Waals surface area contributed by atoms with E-state index in [0.29, 0.717) is 29.7 Å². The quantitative estimate of drug-likeness (QED) is 0.603. The molecule has 0 N–H and O–H groups in total. The number of hydrogen-bond donors (Lipinski definition) is 0. The van der Waals surface area contributed by atoms with Crippen LogP contribution in [0.2, 0.25) is 0 Å². The van der Waals surface area contributed by atoms with E-state index in [-0.39, 0.29) is 17.2 Å². The van der Waals surface area contributed by atoms with Crippen LogP contribution in [-0.2, 0) is 9.53 Å². The third-order valence-corrected chi connectivity index (χ3v) is 3.57. The van der Waals surface area contributed by atoms with E-state index in [2.05, 4.69) is 4.99 Å². The zero-order valence-electron chi connectivity index (χ0n) is 14.1. The number of esters is 1. The van der Waals surface area contributed by atoms with Crippen molar-refractivity contribution in [3.63, 3.8) is 0 Å². The number of aliphatic imine (C=N–C) groups is 1. The van der Waals surface area contributed by atoms with Gasteiger partial charge < -0.3 is 14.2 Å². The lowest BCUT2D eigenvalue weighted by molar-refractivity contribution is -0.129. The van der Waals surface area contributed by atoms with Gasteiger partial charge >= 0.3 is 5.97 Å². The molecule has 5 nitrogen and oxygen atoms in total. The maximum Gasteiger partial charge on any atom is 0.363 e. The fraction of sp³-hybridized carbons (Fsp3) is 0.158. The first-order chi connectivity index (χ1) is 12.5. The second-order valence-electron chi connectivity index (χ2n) is 5.30. The van der Waals surface area contributed by atoms with E-state index in [1.54, 1.807) is 18.2 Å². The molecule has 0 atom stereocenters. The molecule has 3 rings (SSSR count). The standard InChI is InChI=1S/C19H15F2NO4/c1-3-25-17-9-11(4-7-16(17)24-2)8-15-19(23)26-18(22-15)13-6-5-12(20)10-14(13)21/h4-10H,3H2,1-2H3/b15-8+. The molecule has 134 valence electrons. The Morgan fingerprint density at radius 3 is 2.65 bits per heavy atom. The van der Waals surface area contributed by atoms with Gasteiger partial charge in [0.15, 0.2) is 17.2 Å². The first-order valence-electron chi connectivity index (χ1n) is 7.80. The highest BCUT2D eigenvalue weighted by Gasteiger charge is 2.26. The minimum atomic E-state index is -0.860. The molecule has 0 fully saturated rings. The van der Waals surface area contributed by atoms with E-state index in [0.717, 1.165) is 6.07 Å². The predicted molar refractivity (Wildman–Crippen MR) is 91.1 cm³/mol. The number of halogens is 2. The minimum Gasteiger partial charge on any atom is -0.493 e. The number of benzene rings is 2. The predicted octanol–water partition coefficient (Wildman–Crippen LogP) is 3.72. The van der Waals surface area contributed by atoms with Crippen LogP contribution in [0, 0.1) is 11.6 Å². The zero-order chi connectivity index (χ0) is 18.7. The second-order valence-corrected chi connectivity index (χ2v) is 5.30. The lowest BCUT2D eigenvalue weighted by Crippen LogP contribution is -2.07. The summed E-state index contributed by atoms with van der Waals surface area (Å²) in [6, 6.07) is 8.03. The van der Waals surface area contributed by atoms with Gasteiger partial charge in [0.2, 0.25) is 5.90 Å². The first kappa shape index (κ1) is 17.6. The monoisotopic (exact) mass is 359 g/mol. The number of nitrogens with zero attached hydrogens (tertiary/aromatic N) is 1. The van der Waals surface area contributed by atoms with E-state index >= 15 is 0 Å². The Morgan fingerprint density at radius 2 is 1.96 bits per heavy atom. The van der Waals surface area contributed by atoms with Crippen molar-refractivity contribution in [2.75, 3.05) is 13.7 Å². The summed E-state index contributed by atoms with van der Waals surface area (Å²) >= 11 is 0. The van der Waals surface area contributed by atoms with Crippen molar-refractivity contribution in [1.29, 1.82) is 0 Å². The van der Waals surface area contributed by atoms with Gasteiger partial charge in [0.25, 0.3) is 0 Å². The highest BCUT2D eigenvalue weighted by molar-refractivity contribution is 6.12. The van der Waals surface area contributed by atoms with Crippen LogP contribution in [0.25, 0.3) is 6.08 Å². The summed E-state index contributed by atoms with van der Waals surface area (Å²) in [5.74, 6) is -1.45. The van der Waals surface area contributed by atoms with E-state index in [1.807, 2.05) is 6.92 Å². The molecule has 0 radical (unpaired) electrons. The smallest absolute Gasteiger partial charge is 0.363 e. The maximum atomic E-state index is 13.8. The average Bonchev–Trinajstić information content (AvgIpc) is 2.96. The Labute approximate surface area is 148 Å². The van der Waals surface area contributed by atoms with Crippen LogP contribution < -0.4 is 9.47 Å². The van der Waals surface area contributed by atoms with Gasteiger partial charge in [-0.3, -0.25) is 0 Å². The molecule has 0 saturated carbocycles. The molecule has 0 bridgehead atoms. The number of rotatable bonds is 5. The minimum absolute atomic E-state index is 0.00339. The number of carbonyl (C=O) groups excluding carboxylic acids is 1. The first-order valence-corrected chi connectivity index (χ1v) is 7.80. The SMILES string of the molecule is CCOc1cc(/C=C2/N=C(c3ccc(F)cc3F)OC2=O)ccc1OC. The van der Waals surface area contributed by atoms with Crippen LogP contribution in [-0.4, -0.2) is 25.6 Å². The molecule has 1 aliphatic heterocycles. The van der Waals surface area contributed by atoms with Crippen molar-refractivity contribution in [3.05, 3.63) is 64.9 Å². The largest absolute Gasteiger partial charge is 0.493 e. The summed E-state index contributed by atoms with van der Waals surface area (Å²) in [6.07, 6.45) is 1.48. The van der Waals surface area contributed by atoms with E-state index < -0.39 is 17.6 Å². The fourth-order valence-corrected chi connectivity index (χ4v) is 2.40. The average molecular weight is 359 g/mol. The van der Waals surface area contributed by atoms with Crippen LogP contribution in [0.3, 0.4) is 0 Å². The Morgan fingerprint density at radius 1 is 1.15 bits per heavy atom. The number of hydrogen-bond acceptors (Lipinski definition) is 5. The fourth-order valence-electron chi connectivity index (χ4n) is 2.40. The molecular weight excluding hydrogens is 344 g/mol. The van der Waals surface area contributed by atoms with Gasteiger partial charge in [-0.1, -0.05) is 6.07 Å². The molecule has 2 aromatic carbocycles. The van der Waals surface area contributed by atoms with Crippen molar-refractivity contribution in [1.82, 2.24) is 0 Å². The van der Waals surface area contributed by atoms with E-state index in [4.69, 9.17) is 14.2 Å². The lowest BCUT2D eigenvalue weighted by atomic mass is 10.1. The lowest BCUT2D eigenvalue weighted by Gasteiger charge is -2.09. The Bertz CT molecular complexity index is 922. The summed E-state index contributed by atoms with van der Waals surface area (Å²) < 4.78 is 42.5. The topological polar surface area (TPSA) is 57.1 Å². The van der Waals surface area contributed by atoms with Gasteiger partial charge in [-0.05, 0) is 42.8 Å². The molecule has 0 unspecified atom stereocenters. The molecule has 0 spiro atoms. The molecule has 0 amide bonds. The Balaban J connectivity index is 1.94. The van der Waals surface area contributed by atoms with Gasteiger partial charge in [0, 0.05) is 6.07 Å². The molecule has 1 heterocycles. The van der Waals surface area contributed by atoms with E-state index in [9.17, 15) is 13.6 Å². The van der Waals surface area contributed by atoms with Gasteiger partial charge in [-0.15, -0.1) is 0 Å². The van der Waals surface area contributed by atoms with Crippen molar-refractivity contribution in [2.24, 2.45) is 4.99 Å². The summed E-state index contributed by atoms with van der Waals surface area (Å²) in [5, 5.41) is 0. The van der Waals surface area contributed by atoms with E-state index in [1.165, 1.54) is 19.3 Å². The third kappa shape index (κ3) is 3.56. The van der Waals surface area contributed by atoms with Crippen molar-refractivity contribution >= 4 is 17.9 Å². The van der Waals surface area contributed by atoms with Crippen molar-refractivity contribution in [3.8, 4) is 11.5 Å². The molecule has 7 heteroatoms. The highest BCUT2D eigenvalue weighted by Crippen LogP contribution is 2.30. The molecule has 0 aromatic heterocycles. The van der Waals surface area contributed by atoms with Crippen molar-refractivity contribution in [2.45, 2.75) is 6.92 Å². The molecule has 26 heavy (non-hydrogen) atoms. The highest BCUT2D eigenvalue weighted by atomic mass is 19.1. The van der Waals surface area contributed by atoms with Gasteiger partial charge in [-0.2, -0.15) is 0 Å². The summed E-state index contributed by atoms with van der Waals surface area (Å²) in [5.41, 5.74) is 0.537. The molecule has 0 saturated heterocycles. The van der Waals surface area contributed by atoms with Crippen LogP contribution in [0.1, 0.15) is 18.1 Å². The molecule has 1 aliphatic rings. The normalized spacial score (nSPS) is 15.0. The molecular formula is C19H15F2NO4. The number of methoxy groups -OCH3 is 1. The summed E-state index contributed by atoms with van der Waals surface area (Å²) in [4.78, 5) is 16.0. The van der Waals surface area contributed by atoms with Crippen LogP contribution >= 0.6 is 0 Å². The Hall–Kier alpha value is -3.22. The second kappa shape index (κ2) is 7.35. The number of cyclic esters (lactones) is 1. The van der Waals surface area contributed by atoms with Crippen LogP contribution in [0.15, 0.2) is 47.1 Å². The van der Waals surface area contributed by atoms with Crippen LogP contribution in [0.5, 0.6) is 11.5 Å². The Kier molecular flexibility index (Phi) is 4.97. The number of ether oxygens (including phenoxy) is 3. The molecule has 0 aliphatic carbocycles. The van der Waals surface area contributed by atoms with Gasteiger partial charge in [-0.25, -0.2) is 18.6 Å². The molecule has 2 aromatic rings. The maximum absolute atomic E-state index is 13.8. The third-order valence-electron chi connectivity index (χ3n) is 3.57. The zero-order valence-corrected chi connectivity index (χ0v) is 14.1. The van der Waals surface area contributed by atoms with Gasteiger partial charge in [0.05, 0.1) is 19.3 Å². The number of carbonyl (C=O) groups is 1. The van der Waals surface area contributed by atoms with Crippen LogP contribution in [0.4, 0.5) is 8.78 Å². The van der Waals surface area contributed by atoms with Crippen molar-refractivity contribution < 1.29 is 27.8 Å². The van der Waals surface area contributed by atoms with Gasteiger partial charge in [0.1, 0.15) is 11.6 Å². The summed E-state index contributed by atoms with van der Waals surface area (Å²) in [6.45, 7) is 2.29. The summed E-state index contributed by atoms with van der Waals surface area (Å²) in [7, 11) is 1.53.